The van der Waals surface area contributed by atoms with Crippen LogP contribution in [0.5, 0.6) is 0 Å². The molecule has 52 heteroatoms. The number of halogens is 18. The molecule has 0 unspecified atom stereocenters. The largest absolute Gasteiger partial charge is 1.00 e. The molecular formula is C44H99Cl18LiN15O11P5Si2. The monoisotopic (exact) mass is 1860 g/mol. The average molecular weight is 1870 g/mol. The quantitative estimate of drug-likeness (QED) is 0.0221. The Kier molecular flexibility index (Phi) is 85.0. The molecule has 576 valence electrons. The van der Waals surface area contributed by atoms with Crippen LogP contribution in [0.25, 0.3) is 4.65 Å². The van der Waals surface area contributed by atoms with E-state index in [0.717, 1.165) is 18.8 Å². The molecule has 2 heterocycles. The predicted molar refractivity (Wildman–Crippen MR) is 428 cm³/mol. The van der Waals surface area contributed by atoms with Crippen LogP contribution in [0.3, 0.4) is 0 Å². The molecule has 0 saturated heterocycles. The van der Waals surface area contributed by atoms with E-state index >= 15 is 0 Å². The number of rotatable bonds is 33. The van der Waals surface area contributed by atoms with Crippen LogP contribution in [-0.4, -0.2) is 245 Å². The first-order valence-corrected chi connectivity index (χ1v) is 53.4. The van der Waals surface area contributed by atoms with Crippen LogP contribution in [0.4, 0.5) is 11.9 Å². The Hall–Kier alpha value is 4.18. The molecule has 0 spiro atoms. The number of hydrogen-bond acceptors (Lipinski definition) is 14. The van der Waals surface area contributed by atoms with Gasteiger partial charge in [-0.15, -0.1) is 129 Å². The van der Waals surface area contributed by atoms with Gasteiger partial charge in [0.05, 0.1) is 14.1 Å². The van der Waals surface area contributed by atoms with Crippen LogP contribution < -0.4 is 24.2 Å². The second-order valence-electron chi connectivity index (χ2n) is 20.2. The Morgan fingerprint density at radius 3 is 0.969 bits per heavy atom. The second-order valence-corrected chi connectivity index (χ2v) is 54.5. The van der Waals surface area contributed by atoms with Crippen LogP contribution in [0.1, 0.15) is 31.2 Å². The number of nitrogens with one attached hydrogen (secondary N) is 1. The molecule has 0 radical (unpaired) electrons. The molecule has 2 N–H and O–H groups in total. The van der Waals surface area contributed by atoms with Crippen molar-refractivity contribution in [3.8, 4) is 0 Å². The average Bonchev–Trinajstić information content (AvgIpc) is 1.31. The molecule has 0 saturated carbocycles. The molecule has 0 amide bonds. The molecule has 0 aliphatic heterocycles. The van der Waals surface area contributed by atoms with Crippen LogP contribution >= 0.6 is 240 Å². The van der Waals surface area contributed by atoms with Crippen molar-refractivity contribution in [1.29, 1.82) is 0 Å². The third-order valence-corrected chi connectivity index (χ3v) is 29.7. The molecule has 0 bridgehead atoms. The number of imidazole rings is 2. The van der Waals surface area contributed by atoms with Crippen molar-refractivity contribution < 1.29 is 61.2 Å². The number of hydrogen-bond donors (Lipinski definition) is 2. The smallest absolute Gasteiger partial charge is 0.668 e. The van der Waals surface area contributed by atoms with Gasteiger partial charge in [-0.1, -0.05) is 79.1 Å². The van der Waals surface area contributed by atoms with E-state index in [1.54, 1.807) is 68.0 Å². The first kappa shape index (κ1) is 121. The topological polar surface area (TPSA) is 286 Å². The maximum atomic E-state index is 13.2. The van der Waals surface area contributed by atoms with E-state index in [0.29, 0.717) is 92.5 Å². The summed E-state index contributed by atoms with van der Waals surface area (Å²) in [7, 11) is 10.9. The molecule has 2 aromatic rings. The number of alkyl halides is 9. The van der Waals surface area contributed by atoms with Crippen molar-refractivity contribution in [3.05, 3.63) is 48.7 Å². The van der Waals surface area contributed by atoms with Crippen molar-refractivity contribution >= 4 is 269 Å². The van der Waals surface area contributed by atoms with E-state index in [1.165, 1.54) is 56.1 Å². The van der Waals surface area contributed by atoms with Crippen LogP contribution in [0.2, 0.25) is 39.3 Å². The van der Waals surface area contributed by atoms with Crippen LogP contribution in [0.15, 0.2) is 12.4 Å². The van der Waals surface area contributed by atoms with Gasteiger partial charge in [0.1, 0.15) is 37.0 Å². The van der Waals surface area contributed by atoms with Crippen LogP contribution in [-0.2, 0) is 54.7 Å². The van der Waals surface area contributed by atoms with Crippen LogP contribution in [0, 0.1) is 20.2 Å². The molecule has 0 aliphatic rings. The number of aliphatic hydroxyl groups is 1. The molecule has 26 nitrogen and oxygen atoms in total. The maximum Gasteiger partial charge on any atom is 1.00 e. The van der Waals surface area contributed by atoms with Gasteiger partial charge in [0.25, 0.3) is 0 Å². The van der Waals surface area contributed by atoms with E-state index < -0.39 is 58.8 Å². The summed E-state index contributed by atoms with van der Waals surface area (Å²) in [6.07, 6.45) is 4.97. The summed E-state index contributed by atoms with van der Waals surface area (Å²) in [5.41, 5.74) is 0.868. The van der Waals surface area contributed by atoms with Crippen molar-refractivity contribution in [3.63, 3.8) is 0 Å². The summed E-state index contributed by atoms with van der Waals surface area (Å²) in [6.45, 7) is 13.7. The number of aromatic nitrogens is 4. The van der Waals surface area contributed by atoms with Gasteiger partial charge >= 0.3 is 63.2 Å². The maximum absolute atomic E-state index is 13.2. The van der Waals surface area contributed by atoms with Gasteiger partial charge in [-0.05, 0) is 151 Å². The summed E-state index contributed by atoms with van der Waals surface area (Å²) >= 11 is 85.5. The molecule has 96 heavy (non-hydrogen) atoms. The summed E-state index contributed by atoms with van der Waals surface area (Å²) < 4.78 is 80.7. The van der Waals surface area contributed by atoms with Crippen molar-refractivity contribution in [1.82, 2.24) is 57.1 Å². The zero-order chi connectivity index (χ0) is 75.0. The fourth-order valence-electron chi connectivity index (χ4n) is 5.57. The SMILES string of the molecule is CCCCCl.CN(CCCl)P(=O)(Cl)Cl.CN(CCCl)P(=O)(Cl)N(C)CCCl.CN(CCCl)P(=O)(Cl)N(C)CCCl.CN(CCCl)P(=O)(OCc1cnc([N+](=O)[O-])n1C)N(C)CCCl.CNCCCl.C[Si](C)(C)[N-][Si](C)(C)C.Cl.Cl.Cn1c(CO)cnc1[N+](=O)[O-].O=P(Cl)(Cl)Cl.[Li+]. The summed E-state index contributed by atoms with van der Waals surface area (Å²) in [5, 5.41) is 29.3. The van der Waals surface area contributed by atoms with Gasteiger partial charge in [-0.25, -0.2) is 41.8 Å². The zero-order valence-corrected chi connectivity index (χ0v) is 77.6. The Labute approximate surface area is 676 Å². The number of unbranched alkanes of at least 4 members (excludes halogenated alkanes) is 1. The minimum absolute atomic E-state index is 0. The fourth-order valence-corrected chi connectivity index (χ4v) is 22.7. The van der Waals surface area contributed by atoms with E-state index in [1.807, 2.05) is 7.05 Å². The molecule has 0 aliphatic carbocycles. The first-order chi connectivity index (χ1) is 42.4. The molecule has 0 atom stereocenters. The van der Waals surface area contributed by atoms with Gasteiger partial charge in [0.2, 0.25) is 0 Å². The molecule has 0 fully saturated rings. The van der Waals surface area contributed by atoms with Crippen molar-refractivity contribution in [2.24, 2.45) is 14.1 Å². The Bertz CT molecular complexity index is 2390. The number of nitro groups is 2. The zero-order valence-electron chi connectivity index (χ0n) is 57.4. The van der Waals surface area contributed by atoms with Crippen molar-refractivity contribution in [2.45, 2.75) is 72.3 Å². The third kappa shape index (κ3) is 65.3. The fraction of sp³-hybridized carbons (Fsp3) is 0.864. The van der Waals surface area contributed by atoms with E-state index in [9.17, 15) is 43.1 Å². The molecule has 2 aromatic heterocycles. The summed E-state index contributed by atoms with van der Waals surface area (Å²) in [5.74, 6) is 0.450. The van der Waals surface area contributed by atoms with E-state index in [4.69, 9.17) is 164 Å². The normalized spacial score (nSPS) is 11.6. The third-order valence-electron chi connectivity index (χ3n) is 10.3. The Balaban J connectivity index is -0.000000113. The molecule has 2 rings (SSSR count). The first-order valence-electron chi connectivity index (χ1n) is 27.3. The minimum Gasteiger partial charge on any atom is -0.668 e. The Morgan fingerprint density at radius 1 is 0.542 bits per heavy atom. The van der Waals surface area contributed by atoms with E-state index in [2.05, 4.69) is 95.2 Å². The summed E-state index contributed by atoms with van der Waals surface area (Å²) in [6, 6.07) is 0. The van der Waals surface area contributed by atoms with Crippen molar-refractivity contribution in [2.75, 3.05) is 162 Å². The molecule has 0 aromatic carbocycles. The van der Waals surface area contributed by atoms with Gasteiger partial charge in [0.15, 0.2) is 0 Å². The molecular weight excluding hydrogens is 1770 g/mol. The van der Waals surface area contributed by atoms with Gasteiger partial charge in [0, 0.05) is 105 Å². The van der Waals surface area contributed by atoms with Gasteiger partial charge in [-0.2, -0.15) is 0 Å². The second kappa shape index (κ2) is 67.3. The Morgan fingerprint density at radius 2 is 0.812 bits per heavy atom. The number of nitrogens with zero attached hydrogens (tertiary/aromatic N) is 14. The minimum atomic E-state index is -3.35. The van der Waals surface area contributed by atoms with Gasteiger partial charge in [-0.3, -0.25) is 27.3 Å². The number of aliphatic hydroxyl groups excluding tert-OH is 1. The van der Waals surface area contributed by atoms with Gasteiger partial charge < -0.3 is 35.3 Å². The predicted octanol–water partition coefficient (Wildman–Crippen LogP) is 16.4. The summed E-state index contributed by atoms with van der Waals surface area (Å²) in [4.78, 5) is 27.0. The van der Waals surface area contributed by atoms with E-state index in [-0.39, 0.29) is 80.5 Å². The standard InChI is InChI=1S/C11H20Cl2N5O4P.2C6H14Cl3N2OP.C6H18NSi2.C5H7N3O3.C4H9Cl.C3H7Cl3NOP.C3H8ClN.Cl3OP.2ClH.Li/c1-15(6-4-12)23(21,16(2)7-5-13)22-9-10-8-14-11(17(10)3)18(19)20;2*1-10(5-3-7)13(9,12)11(2)6-4-8;1-8(2,3)7-9(4,5)6;1-7-4(3-9)2-6-5(7)8(10)11;1-2-3-4-5;1-7(3-2-4)9(5,6)8;1-5-3-2-4;1-5(2,3)4;;;/h8H,4-7,9H2,1-3H3;2*3-6H2,1-2H3;1-6H3;2,9H,3H2,1H3;2-4H2,1H3;2-3H2,1H3;5H,2-3H2,1H3;;2*1H;/q;;;-1;;;;;;;;+1.